The van der Waals surface area contributed by atoms with E-state index in [1.54, 1.807) is 0 Å². The average molecular weight is 460 g/mol. The fourth-order valence-corrected chi connectivity index (χ4v) is 3.97. The van der Waals surface area contributed by atoms with Gasteiger partial charge in [-0.05, 0) is 47.9 Å². The van der Waals surface area contributed by atoms with Gasteiger partial charge in [0.2, 0.25) is 11.8 Å². The monoisotopic (exact) mass is 460 g/mol. The van der Waals surface area contributed by atoms with E-state index in [4.69, 9.17) is 5.73 Å². The minimum absolute atomic E-state index is 0.00221. The molecule has 33 heavy (non-hydrogen) atoms. The average Bonchev–Trinajstić information content (AvgIpc) is 3.07. The van der Waals surface area contributed by atoms with Gasteiger partial charge in [0.05, 0.1) is 0 Å². The molecule has 0 radical (unpaired) electrons. The summed E-state index contributed by atoms with van der Waals surface area (Å²) in [7, 11) is 0. The van der Waals surface area contributed by atoms with Crippen LogP contribution < -0.4 is 16.4 Å². The molecule has 2 atom stereocenters. The number of rotatable bonds is 4. The first kappa shape index (κ1) is 22.3. The maximum atomic E-state index is 13.6. The third-order valence-corrected chi connectivity index (χ3v) is 5.66. The normalized spacial score (nSPS) is 19.2. The first-order valence-electron chi connectivity index (χ1n) is 10.0. The van der Waals surface area contributed by atoms with Gasteiger partial charge in [0, 0.05) is 29.8 Å². The van der Waals surface area contributed by atoms with E-state index in [2.05, 4.69) is 5.32 Å². The van der Waals surface area contributed by atoms with Crippen LogP contribution in [0.5, 0.6) is 0 Å². The second-order valence-corrected chi connectivity index (χ2v) is 7.89. The van der Waals surface area contributed by atoms with Crippen molar-refractivity contribution in [2.45, 2.75) is 37.6 Å². The third-order valence-electron chi connectivity index (χ3n) is 5.66. The molecule has 1 fully saturated rings. The van der Waals surface area contributed by atoms with Gasteiger partial charge in [0.1, 0.15) is 6.04 Å². The van der Waals surface area contributed by atoms with Gasteiger partial charge in [-0.2, -0.15) is 13.2 Å². The van der Waals surface area contributed by atoms with Crippen LogP contribution >= 0.6 is 0 Å². The Kier molecular flexibility index (Phi) is 5.56. The number of nitrogens with zero attached hydrogens (tertiary/aromatic N) is 1. The number of nitrogens with two attached hydrogens (primary N) is 1. The molecule has 0 aromatic heterocycles. The molecule has 2 aliphatic heterocycles. The Bertz CT molecular complexity index is 1150. The van der Waals surface area contributed by atoms with Crippen molar-refractivity contribution in [1.29, 1.82) is 0 Å². The van der Waals surface area contributed by atoms with Gasteiger partial charge in [0.25, 0.3) is 11.8 Å². The molecule has 1 unspecified atom stereocenters. The van der Waals surface area contributed by atoms with E-state index in [-0.39, 0.29) is 41.8 Å². The molecule has 2 heterocycles. The lowest BCUT2D eigenvalue weighted by Crippen LogP contribution is -2.52. The van der Waals surface area contributed by atoms with E-state index in [1.807, 2.05) is 5.32 Å². The highest BCUT2D eigenvalue weighted by Gasteiger charge is 2.43. The third kappa shape index (κ3) is 4.38. The van der Waals surface area contributed by atoms with Crippen molar-refractivity contribution in [2.75, 3.05) is 5.73 Å². The summed E-state index contributed by atoms with van der Waals surface area (Å²) < 4.78 is 40.8. The maximum Gasteiger partial charge on any atom is 0.412 e. The Labute approximate surface area is 185 Å². The van der Waals surface area contributed by atoms with E-state index in [0.717, 1.165) is 0 Å². The van der Waals surface area contributed by atoms with Gasteiger partial charge in [-0.15, -0.1) is 0 Å². The van der Waals surface area contributed by atoms with Gasteiger partial charge < -0.3 is 16.0 Å². The molecule has 2 aromatic rings. The van der Waals surface area contributed by atoms with Crippen molar-refractivity contribution in [2.24, 2.45) is 0 Å². The van der Waals surface area contributed by atoms with Crippen molar-refractivity contribution in [3.63, 3.8) is 0 Å². The number of nitrogens with one attached hydrogen (secondary N) is 2. The number of piperidine rings is 1. The smallest absolute Gasteiger partial charge is 0.399 e. The predicted molar refractivity (Wildman–Crippen MR) is 110 cm³/mol. The first-order chi connectivity index (χ1) is 15.5. The summed E-state index contributed by atoms with van der Waals surface area (Å²) in [5.41, 5.74) is 6.25. The van der Waals surface area contributed by atoms with Crippen molar-refractivity contribution in [1.82, 2.24) is 15.5 Å². The van der Waals surface area contributed by atoms with Gasteiger partial charge in [0.15, 0.2) is 6.04 Å². The number of alkyl halides is 3. The molecule has 0 spiro atoms. The van der Waals surface area contributed by atoms with E-state index in [1.165, 1.54) is 47.4 Å². The fourth-order valence-electron chi connectivity index (χ4n) is 3.97. The van der Waals surface area contributed by atoms with Crippen molar-refractivity contribution < 1.29 is 32.3 Å². The topological polar surface area (TPSA) is 122 Å². The molecule has 172 valence electrons. The summed E-state index contributed by atoms with van der Waals surface area (Å²) in [5.74, 6) is -2.41. The van der Waals surface area contributed by atoms with Crippen LogP contribution in [-0.4, -0.2) is 40.7 Å². The van der Waals surface area contributed by atoms with Crippen LogP contribution in [0.25, 0.3) is 0 Å². The zero-order chi connectivity index (χ0) is 23.9. The Morgan fingerprint density at radius 3 is 2.45 bits per heavy atom. The molecule has 8 nitrogen and oxygen atoms in total. The molecule has 0 bridgehead atoms. The van der Waals surface area contributed by atoms with E-state index in [9.17, 15) is 32.3 Å². The van der Waals surface area contributed by atoms with Crippen LogP contribution in [0.2, 0.25) is 0 Å². The van der Waals surface area contributed by atoms with E-state index < -0.39 is 41.9 Å². The van der Waals surface area contributed by atoms with Crippen molar-refractivity contribution in [3.05, 3.63) is 64.7 Å². The highest BCUT2D eigenvalue weighted by atomic mass is 19.4. The molecule has 4 amide bonds. The van der Waals surface area contributed by atoms with Crippen LogP contribution in [0.15, 0.2) is 42.5 Å². The number of benzene rings is 2. The standard InChI is InChI=1S/C22H19F3N4O4/c23-22(24,25)18(11-1-4-14(26)5-2-11)28-19(31)12-3-6-15-13(9-12)10-29(21(15)33)16-7-8-17(30)27-20(16)32/h1-6,9,16,18H,7-8,10,26H2,(H,28,31)(H,27,30,32)/t16?,18-/m1/s1. The van der Waals surface area contributed by atoms with Crippen LogP contribution in [0.1, 0.15) is 50.7 Å². The Balaban J connectivity index is 1.54. The number of halogens is 3. The number of nitrogen functional groups attached to an aromatic ring is 1. The predicted octanol–water partition coefficient (Wildman–Crippen LogP) is 2.06. The zero-order valence-corrected chi connectivity index (χ0v) is 17.1. The SMILES string of the molecule is Nc1ccc([C@@H](NC(=O)c2ccc3c(c2)CN(C2CCC(=O)NC2=O)C3=O)C(F)(F)F)cc1. The zero-order valence-electron chi connectivity index (χ0n) is 17.1. The fraction of sp³-hybridized carbons (Fsp3) is 0.273. The molecule has 0 saturated carbocycles. The first-order valence-corrected chi connectivity index (χ1v) is 10.0. The van der Waals surface area contributed by atoms with Crippen molar-refractivity contribution in [3.8, 4) is 0 Å². The summed E-state index contributed by atoms with van der Waals surface area (Å²) in [6.07, 6.45) is -4.48. The van der Waals surface area contributed by atoms with Gasteiger partial charge >= 0.3 is 6.18 Å². The molecular formula is C22H19F3N4O4. The largest absolute Gasteiger partial charge is 0.412 e. The molecule has 4 rings (SSSR count). The second kappa shape index (κ2) is 8.23. The summed E-state index contributed by atoms with van der Waals surface area (Å²) in [6, 6.07) is 5.86. The highest BCUT2D eigenvalue weighted by molar-refractivity contribution is 6.06. The summed E-state index contributed by atoms with van der Waals surface area (Å²) in [5, 5.41) is 4.18. The highest BCUT2D eigenvalue weighted by Crippen LogP contribution is 2.34. The summed E-state index contributed by atoms with van der Waals surface area (Å²) in [6.45, 7) is 0.00221. The molecular weight excluding hydrogens is 441 g/mol. The lowest BCUT2D eigenvalue weighted by atomic mass is 10.0. The Morgan fingerprint density at radius 2 is 1.82 bits per heavy atom. The Morgan fingerprint density at radius 1 is 1.12 bits per heavy atom. The Hall–Kier alpha value is -3.89. The van der Waals surface area contributed by atoms with Gasteiger partial charge in [-0.25, -0.2) is 0 Å². The van der Waals surface area contributed by atoms with Crippen LogP contribution in [0, 0.1) is 0 Å². The molecule has 11 heteroatoms. The number of hydrogen-bond acceptors (Lipinski definition) is 5. The minimum Gasteiger partial charge on any atom is -0.399 e. The number of hydrogen-bond donors (Lipinski definition) is 3. The molecule has 0 aliphatic carbocycles. The van der Waals surface area contributed by atoms with Crippen LogP contribution in [0.4, 0.5) is 18.9 Å². The number of anilines is 1. The minimum atomic E-state index is -4.75. The van der Waals surface area contributed by atoms with E-state index in [0.29, 0.717) is 5.56 Å². The quantitative estimate of drug-likeness (QED) is 0.476. The summed E-state index contributed by atoms with van der Waals surface area (Å²) >= 11 is 0. The molecule has 2 aliphatic rings. The number of carbonyl (C=O) groups is 4. The number of imide groups is 1. The maximum absolute atomic E-state index is 13.6. The van der Waals surface area contributed by atoms with Crippen LogP contribution in [0.3, 0.4) is 0 Å². The summed E-state index contributed by atoms with van der Waals surface area (Å²) in [4.78, 5) is 50.2. The van der Waals surface area contributed by atoms with Crippen LogP contribution in [-0.2, 0) is 16.1 Å². The van der Waals surface area contributed by atoms with E-state index >= 15 is 0 Å². The number of carbonyl (C=O) groups excluding carboxylic acids is 4. The molecule has 4 N–H and O–H groups in total. The second-order valence-electron chi connectivity index (χ2n) is 7.89. The molecule has 1 saturated heterocycles. The molecule has 2 aromatic carbocycles. The van der Waals surface area contributed by atoms with Gasteiger partial charge in [-0.1, -0.05) is 12.1 Å². The van der Waals surface area contributed by atoms with Gasteiger partial charge in [-0.3, -0.25) is 24.5 Å². The number of fused-ring (bicyclic) bond motifs is 1. The lowest BCUT2D eigenvalue weighted by molar-refractivity contribution is -0.155. The van der Waals surface area contributed by atoms with Crippen molar-refractivity contribution >= 4 is 29.3 Å². The lowest BCUT2D eigenvalue weighted by Gasteiger charge is -2.29. The number of amides is 4.